The molecule has 0 aliphatic rings. The molecule has 3 heterocycles. The van der Waals surface area contributed by atoms with Crippen LogP contribution in [-0.4, -0.2) is 31.0 Å². The van der Waals surface area contributed by atoms with Gasteiger partial charge < -0.3 is 5.73 Å². The Hall–Kier alpha value is -3.99. The molecule has 4 aromatic rings. The molecule has 132 valence electrons. The third kappa shape index (κ3) is 2.71. The van der Waals surface area contributed by atoms with Crippen LogP contribution in [0.5, 0.6) is 0 Å². The molecule has 0 atom stereocenters. The number of fused-ring (bicyclic) bond motifs is 1. The summed E-state index contributed by atoms with van der Waals surface area (Å²) in [5.41, 5.74) is 8.48. The van der Waals surface area contributed by atoms with Gasteiger partial charge in [-0.15, -0.1) is 0 Å². The molecule has 0 spiro atoms. The van der Waals surface area contributed by atoms with Crippen molar-refractivity contribution in [3.8, 4) is 11.8 Å². The van der Waals surface area contributed by atoms with Gasteiger partial charge in [0.05, 0.1) is 5.69 Å². The fourth-order valence-electron chi connectivity index (χ4n) is 2.98. The van der Waals surface area contributed by atoms with E-state index in [-0.39, 0.29) is 11.4 Å². The van der Waals surface area contributed by atoms with Crippen LogP contribution in [0.4, 0.5) is 17.6 Å². The second-order valence-electron chi connectivity index (χ2n) is 5.74. The van der Waals surface area contributed by atoms with Gasteiger partial charge in [0.2, 0.25) is 5.95 Å². The van der Waals surface area contributed by atoms with Crippen molar-refractivity contribution >= 4 is 28.7 Å². The van der Waals surface area contributed by atoms with E-state index < -0.39 is 0 Å². The van der Waals surface area contributed by atoms with Gasteiger partial charge in [0.25, 0.3) is 0 Å². The lowest BCUT2D eigenvalue weighted by molar-refractivity contribution is 0.898. The number of nitrogens with zero attached hydrogens (tertiary/aromatic N) is 7. The fourth-order valence-corrected chi connectivity index (χ4v) is 2.98. The number of para-hydroxylation sites is 1. The molecular weight excluding hydrogens is 340 g/mol. The Bertz CT molecular complexity index is 1140. The number of rotatable bonds is 4. The Kier molecular flexibility index (Phi) is 4.10. The van der Waals surface area contributed by atoms with Gasteiger partial charge in [0.15, 0.2) is 11.5 Å². The van der Waals surface area contributed by atoms with Crippen molar-refractivity contribution < 1.29 is 0 Å². The maximum atomic E-state index is 9.54. The van der Waals surface area contributed by atoms with Gasteiger partial charge in [-0.2, -0.15) is 5.26 Å². The van der Waals surface area contributed by atoms with E-state index in [1.54, 1.807) is 6.20 Å². The number of benzene rings is 1. The second kappa shape index (κ2) is 6.72. The number of hydrogen-bond acceptors (Lipinski definition) is 7. The minimum Gasteiger partial charge on any atom is -0.382 e. The van der Waals surface area contributed by atoms with E-state index in [0.29, 0.717) is 18.3 Å². The van der Waals surface area contributed by atoms with E-state index in [4.69, 9.17) is 10.7 Å². The highest BCUT2D eigenvalue weighted by atomic mass is 15.4. The highest BCUT2D eigenvalue weighted by Gasteiger charge is 2.23. The average Bonchev–Trinajstić information content (AvgIpc) is 3.08. The lowest BCUT2D eigenvalue weighted by Gasteiger charge is -2.23. The number of imidazole rings is 1. The molecule has 27 heavy (non-hydrogen) atoms. The van der Waals surface area contributed by atoms with Crippen LogP contribution in [0.1, 0.15) is 12.5 Å². The normalized spacial score (nSPS) is 10.7. The zero-order valence-electron chi connectivity index (χ0n) is 14.6. The van der Waals surface area contributed by atoms with E-state index in [9.17, 15) is 5.26 Å². The largest absolute Gasteiger partial charge is 0.382 e. The molecule has 0 saturated carbocycles. The molecule has 8 heteroatoms. The summed E-state index contributed by atoms with van der Waals surface area (Å²) in [5.74, 6) is 1.16. The number of hydrogen-bond donors (Lipinski definition) is 1. The molecule has 3 aromatic heterocycles. The first-order chi connectivity index (χ1) is 13.2. The third-order valence-corrected chi connectivity index (χ3v) is 4.19. The summed E-state index contributed by atoms with van der Waals surface area (Å²) in [7, 11) is 0. The average molecular weight is 356 g/mol. The summed E-state index contributed by atoms with van der Waals surface area (Å²) >= 11 is 0. The van der Waals surface area contributed by atoms with Crippen molar-refractivity contribution in [2.24, 2.45) is 0 Å². The number of nitrogen functional groups attached to an aromatic ring is 1. The number of aromatic nitrogens is 5. The van der Waals surface area contributed by atoms with Crippen LogP contribution in [0.25, 0.3) is 16.9 Å². The summed E-state index contributed by atoms with van der Waals surface area (Å²) < 4.78 is 1.94. The molecule has 0 saturated heterocycles. The van der Waals surface area contributed by atoms with E-state index >= 15 is 0 Å². The molecule has 0 radical (unpaired) electrons. The summed E-state index contributed by atoms with van der Waals surface area (Å²) in [4.78, 5) is 19.3. The van der Waals surface area contributed by atoms with E-state index in [1.807, 2.05) is 58.9 Å². The summed E-state index contributed by atoms with van der Waals surface area (Å²) in [6, 6.07) is 15.7. The Morgan fingerprint density at radius 3 is 2.67 bits per heavy atom. The van der Waals surface area contributed by atoms with Crippen LogP contribution in [0.2, 0.25) is 0 Å². The fraction of sp³-hybridized carbons (Fsp3) is 0.105. The molecule has 1 aromatic carbocycles. The Morgan fingerprint density at radius 2 is 1.93 bits per heavy atom. The van der Waals surface area contributed by atoms with Crippen molar-refractivity contribution in [3.63, 3.8) is 0 Å². The maximum Gasteiger partial charge on any atom is 0.218 e. The molecule has 0 aliphatic carbocycles. The first kappa shape index (κ1) is 16.5. The van der Waals surface area contributed by atoms with Crippen LogP contribution in [0.3, 0.4) is 0 Å². The van der Waals surface area contributed by atoms with Crippen molar-refractivity contribution in [3.05, 3.63) is 60.6 Å². The topological polar surface area (TPSA) is 110 Å². The van der Waals surface area contributed by atoms with Gasteiger partial charge in [-0.25, -0.2) is 19.9 Å². The Balaban J connectivity index is 2.01. The van der Waals surface area contributed by atoms with E-state index in [2.05, 4.69) is 21.0 Å². The minimum absolute atomic E-state index is 0.140. The van der Waals surface area contributed by atoms with Crippen LogP contribution < -0.4 is 10.6 Å². The van der Waals surface area contributed by atoms with Gasteiger partial charge in [-0.3, -0.25) is 9.47 Å². The predicted octanol–water partition coefficient (Wildman–Crippen LogP) is 2.82. The number of nitrogens with two attached hydrogens (primary N) is 1. The molecular formula is C19H16N8. The summed E-state index contributed by atoms with van der Waals surface area (Å²) in [5, 5.41) is 9.54. The van der Waals surface area contributed by atoms with E-state index in [1.165, 1.54) is 6.33 Å². The van der Waals surface area contributed by atoms with Gasteiger partial charge >= 0.3 is 0 Å². The van der Waals surface area contributed by atoms with Crippen LogP contribution in [0.15, 0.2) is 55.0 Å². The monoisotopic (exact) mass is 356 g/mol. The van der Waals surface area contributed by atoms with E-state index in [0.717, 1.165) is 16.9 Å². The zero-order chi connectivity index (χ0) is 18.8. The second-order valence-corrected chi connectivity index (χ2v) is 5.74. The summed E-state index contributed by atoms with van der Waals surface area (Å²) in [6.45, 7) is 2.49. The maximum absolute atomic E-state index is 9.54. The molecule has 0 bridgehead atoms. The SMILES string of the molecule is CCN(c1ncnc(N)c1C#N)c1nc2cccnc2n1-c1ccccc1. The molecule has 0 aliphatic heterocycles. The molecule has 0 unspecified atom stereocenters. The highest BCUT2D eigenvalue weighted by Crippen LogP contribution is 2.32. The van der Waals surface area contributed by atoms with Crippen molar-refractivity contribution in [1.29, 1.82) is 5.26 Å². The first-order valence-electron chi connectivity index (χ1n) is 8.41. The lowest BCUT2D eigenvalue weighted by Crippen LogP contribution is -2.23. The highest BCUT2D eigenvalue weighted by molar-refractivity contribution is 5.80. The number of anilines is 3. The van der Waals surface area contributed by atoms with Crippen LogP contribution in [0, 0.1) is 11.3 Å². The number of pyridine rings is 1. The van der Waals surface area contributed by atoms with Crippen LogP contribution in [-0.2, 0) is 0 Å². The predicted molar refractivity (Wildman–Crippen MR) is 103 cm³/mol. The van der Waals surface area contributed by atoms with Crippen molar-refractivity contribution in [2.75, 3.05) is 17.2 Å². The molecule has 0 amide bonds. The molecule has 0 fully saturated rings. The lowest BCUT2D eigenvalue weighted by atomic mass is 10.3. The van der Waals surface area contributed by atoms with Crippen LogP contribution >= 0.6 is 0 Å². The molecule has 8 nitrogen and oxygen atoms in total. The van der Waals surface area contributed by atoms with Gasteiger partial charge in [-0.1, -0.05) is 18.2 Å². The van der Waals surface area contributed by atoms with Gasteiger partial charge in [0.1, 0.15) is 29.3 Å². The number of nitriles is 1. The Labute approximate surface area is 155 Å². The quantitative estimate of drug-likeness (QED) is 0.598. The molecule has 2 N–H and O–H groups in total. The van der Waals surface area contributed by atoms with Gasteiger partial charge in [0, 0.05) is 12.7 Å². The Morgan fingerprint density at radius 1 is 1.11 bits per heavy atom. The van der Waals surface area contributed by atoms with Crippen molar-refractivity contribution in [1.82, 2.24) is 24.5 Å². The first-order valence-corrected chi connectivity index (χ1v) is 8.41. The standard InChI is InChI=1S/C19H16N8/c1-2-26(17-14(11-20)16(21)23-12-24-17)19-25-15-9-6-10-22-18(15)27(19)13-7-4-3-5-8-13/h3-10,12H,2H2,1H3,(H2,21,23,24). The van der Waals surface area contributed by atoms with Crippen molar-refractivity contribution in [2.45, 2.75) is 6.92 Å². The molecule has 4 rings (SSSR count). The minimum atomic E-state index is 0.140. The zero-order valence-corrected chi connectivity index (χ0v) is 14.6. The smallest absolute Gasteiger partial charge is 0.218 e. The summed E-state index contributed by atoms with van der Waals surface area (Å²) in [6.07, 6.45) is 3.08. The van der Waals surface area contributed by atoms with Gasteiger partial charge in [-0.05, 0) is 31.2 Å². The third-order valence-electron chi connectivity index (χ3n) is 4.19.